The molecule has 2 N–H and O–H groups in total. The fourth-order valence-corrected chi connectivity index (χ4v) is 3.67. The molecule has 0 spiro atoms. The van der Waals surface area contributed by atoms with Crippen molar-refractivity contribution in [3.8, 4) is 0 Å². The minimum atomic E-state index is -0.955. The van der Waals surface area contributed by atoms with Crippen molar-refractivity contribution in [2.45, 2.75) is 44.1 Å². The normalized spacial score (nSPS) is 15.7. The van der Waals surface area contributed by atoms with Crippen LogP contribution in [0.1, 0.15) is 47.2 Å². The average molecular weight is 337 g/mol. The van der Waals surface area contributed by atoms with Crippen LogP contribution >= 0.6 is 0 Å². The molecule has 1 amide bonds. The van der Waals surface area contributed by atoms with Crippen LogP contribution in [0.5, 0.6) is 0 Å². The van der Waals surface area contributed by atoms with E-state index in [1.54, 1.807) is 24.3 Å². The first-order valence-electron chi connectivity index (χ1n) is 8.74. The number of rotatable bonds is 6. The molecule has 0 unspecified atom stereocenters. The molecule has 1 saturated carbocycles. The maximum absolute atomic E-state index is 12.6. The number of benzene rings is 2. The van der Waals surface area contributed by atoms with E-state index in [-0.39, 0.29) is 23.4 Å². The number of carbonyl (C=O) groups excluding carboxylic acids is 1. The third-order valence-corrected chi connectivity index (χ3v) is 4.92. The van der Waals surface area contributed by atoms with Gasteiger partial charge >= 0.3 is 5.97 Å². The zero-order valence-electron chi connectivity index (χ0n) is 14.2. The zero-order chi connectivity index (χ0) is 17.7. The van der Waals surface area contributed by atoms with Crippen LogP contribution in [0.4, 0.5) is 0 Å². The van der Waals surface area contributed by atoms with E-state index in [0.29, 0.717) is 0 Å². The fourth-order valence-electron chi connectivity index (χ4n) is 3.67. The monoisotopic (exact) mass is 337 g/mol. The first kappa shape index (κ1) is 17.2. The summed E-state index contributed by atoms with van der Waals surface area (Å²) in [4.78, 5) is 23.5. The Labute approximate surface area is 147 Å². The van der Waals surface area contributed by atoms with Gasteiger partial charge in [0.15, 0.2) is 0 Å². The Balaban J connectivity index is 1.65. The highest BCUT2D eigenvalue weighted by molar-refractivity contribution is 5.87. The lowest BCUT2D eigenvalue weighted by Gasteiger charge is -2.31. The standard InChI is InChI=1S/C21H23NO3/c23-19(14-16-8-10-18(11-9-16)20(24)25)22-21(12-4-5-13-21)15-17-6-2-1-3-7-17/h1-3,6-11H,4-5,12-15H2,(H,22,23)(H,24,25). The molecule has 0 saturated heterocycles. The summed E-state index contributed by atoms with van der Waals surface area (Å²) < 4.78 is 0. The molecule has 0 atom stereocenters. The minimum Gasteiger partial charge on any atom is -0.478 e. The summed E-state index contributed by atoms with van der Waals surface area (Å²) in [6.07, 6.45) is 5.42. The Bertz CT molecular complexity index is 731. The van der Waals surface area contributed by atoms with Gasteiger partial charge < -0.3 is 10.4 Å². The molecule has 130 valence electrons. The van der Waals surface area contributed by atoms with Crippen molar-refractivity contribution in [2.24, 2.45) is 0 Å². The molecule has 0 aromatic heterocycles. The lowest BCUT2D eigenvalue weighted by atomic mass is 9.88. The van der Waals surface area contributed by atoms with Crippen LogP contribution < -0.4 is 5.32 Å². The molecule has 3 rings (SSSR count). The van der Waals surface area contributed by atoms with Crippen LogP contribution in [0.2, 0.25) is 0 Å². The summed E-state index contributed by atoms with van der Waals surface area (Å²) in [5.74, 6) is -0.954. The van der Waals surface area contributed by atoms with Crippen molar-refractivity contribution in [3.05, 3.63) is 71.3 Å². The van der Waals surface area contributed by atoms with Crippen molar-refractivity contribution >= 4 is 11.9 Å². The van der Waals surface area contributed by atoms with E-state index in [0.717, 1.165) is 37.7 Å². The average Bonchev–Trinajstić information content (AvgIpc) is 3.04. The lowest BCUT2D eigenvalue weighted by molar-refractivity contribution is -0.122. The number of hydrogen-bond acceptors (Lipinski definition) is 2. The minimum absolute atomic E-state index is 0.000839. The van der Waals surface area contributed by atoms with E-state index in [2.05, 4.69) is 17.4 Å². The van der Waals surface area contributed by atoms with Crippen LogP contribution in [0.15, 0.2) is 54.6 Å². The Morgan fingerprint density at radius 3 is 2.16 bits per heavy atom. The van der Waals surface area contributed by atoms with Gasteiger partial charge in [-0.1, -0.05) is 55.3 Å². The highest BCUT2D eigenvalue weighted by atomic mass is 16.4. The van der Waals surface area contributed by atoms with Crippen molar-refractivity contribution in [1.82, 2.24) is 5.32 Å². The van der Waals surface area contributed by atoms with Gasteiger partial charge in [0.1, 0.15) is 0 Å². The lowest BCUT2D eigenvalue weighted by Crippen LogP contribution is -2.48. The third kappa shape index (κ3) is 4.47. The van der Waals surface area contributed by atoms with E-state index in [4.69, 9.17) is 5.11 Å². The molecule has 0 aliphatic heterocycles. The van der Waals surface area contributed by atoms with Gasteiger partial charge in [-0.15, -0.1) is 0 Å². The van der Waals surface area contributed by atoms with E-state index >= 15 is 0 Å². The highest BCUT2D eigenvalue weighted by Crippen LogP contribution is 2.33. The molecule has 4 heteroatoms. The first-order valence-corrected chi connectivity index (χ1v) is 8.74. The maximum atomic E-state index is 12.6. The number of amides is 1. The van der Waals surface area contributed by atoms with Crippen molar-refractivity contribution in [1.29, 1.82) is 0 Å². The van der Waals surface area contributed by atoms with Gasteiger partial charge in [0.05, 0.1) is 12.0 Å². The first-order chi connectivity index (χ1) is 12.1. The van der Waals surface area contributed by atoms with Crippen LogP contribution in [0, 0.1) is 0 Å². The van der Waals surface area contributed by atoms with Crippen LogP contribution in [0.3, 0.4) is 0 Å². The third-order valence-electron chi connectivity index (χ3n) is 4.92. The van der Waals surface area contributed by atoms with Gasteiger partial charge in [-0.2, -0.15) is 0 Å². The number of carboxylic acids is 1. The van der Waals surface area contributed by atoms with Gasteiger partial charge in [-0.05, 0) is 42.5 Å². The van der Waals surface area contributed by atoms with E-state index in [1.165, 1.54) is 5.56 Å². The molecule has 1 aliphatic rings. The molecule has 25 heavy (non-hydrogen) atoms. The van der Waals surface area contributed by atoms with Gasteiger partial charge in [-0.25, -0.2) is 4.79 Å². The zero-order valence-corrected chi connectivity index (χ0v) is 14.2. The maximum Gasteiger partial charge on any atom is 0.335 e. The Hall–Kier alpha value is -2.62. The van der Waals surface area contributed by atoms with Crippen LogP contribution in [0.25, 0.3) is 0 Å². The Kier molecular flexibility index (Phi) is 5.17. The number of hydrogen-bond donors (Lipinski definition) is 2. The van der Waals surface area contributed by atoms with Crippen LogP contribution in [-0.4, -0.2) is 22.5 Å². The van der Waals surface area contributed by atoms with E-state index in [1.807, 2.05) is 18.2 Å². The number of aromatic carboxylic acids is 1. The summed E-state index contributed by atoms with van der Waals surface area (Å²) in [7, 11) is 0. The molecule has 0 bridgehead atoms. The summed E-state index contributed by atoms with van der Waals surface area (Å²) in [6, 6.07) is 16.8. The molecular weight excluding hydrogens is 314 g/mol. The van der Waals surface area contributed by atoms with Gasteiger partial charge in [0.2, 0.25) is 5.91 Å². The summed E-state index contributed by atoms with van der Waals surface area (Å²) in [6.45, 7) is 0. The second-order valence-corrected chi connectivity index (χ2v) is 6.88. The van der Waals surface area contributed by atoms with Crippen molar-refractivity contribution in [3.63, 3.8) is 0 Å². The molecule has 4 nitrogen and oxygen atoms in total. The predicted octanol–water partition coefficient (Wildman–Crippen LogP) is 3.60. The Morgan fingerprint density at radius 2 is 1.56 bits per heavy atom. The smallest absolute Gasteiger partial charge is 0.335 e. The molecular formula is C21H23NO3. The quantitative estimate of drug-likeness (QED) is 0.846. The Morgan fingerprint density at radius 1 is 0.920 bits per heavy atom. The molecule has 2 aromatic rings. The molecule has 1 fully saturated rings. The molecule has 0 heterocycles. The van der Waals surface area contributed by atoms with Gasteiger partial charge in [0, 0.05) is 5.54 Å². The summed E-state index contributed by atoms with van der Waals surface area (Å²) in [5, 5.41) is 12.2. The number of carboxylic acid groups (broad SMARTS) is 1. The van der Waals surface area contributed by atoms with E-state index < -0.39 is 5.97 Å². The fraction of sp³-hybridized carbons (Fsp3) is 0.333. The summed E-state index contributed by atoms with van der Waals surface area (Å²) in [5.41, 5.74) is 2.16. The summed E-state index contributed by atoms with van der Waals surface area (Å²) >= 11 is 0. The topological polar surface area (TPSA) is 66.4 Å². The number of nitrogens with one attached hydrogen (secondary N) is 1. The van der Waals surface area contributed by atoms with E-state index in [9.17, 15) is 9.59 Å². The number of carbonyl (C=O) groups is 2. The van der Waals surface area contributed by atoms with Gasteiger partial charge in [-0.3, -0.25) is 4.79 Å². The predicted molar refractivity (Wildman–Crippen MR) is 96.6 cm³/mol. The molecule has 0 radical (unpaired) electrons. The highest BCUT2D eigenvalue weighted by Gasteiger charge is 2.35. The second kappa shape index (κ2) is 7.51. The second-order valence-electron chi connectivity index (χ2n) is 6.88. The molecule has 1 aliphatic carbocycles. The largest absolute Gasteiger partial charge is 0.478 e. The van der Waals surface area contributed by atoms with Crippen molar-refractivity contribution < 1.29 is 14.7 Å². The van der Waals surface area contributed by atoms with Gasteiger partial charge in [0.25, 0.3) is 0 Å². The van der Waals surface area contributed by atoms with Crippen LogP contribution in [-0.2, 0) is 17.6 Å². The molecule has 2 aromatic carbocycles. The SMILES string of the molecule is O=C(Cc1ccc(C(=O)O)cc1)NC1(Cc2ccccc2)CCCC1. The van der Waals surface area contributed by atoms with Crippen molar-refractivity contribution in [2.75, 3.05) is 0 Å².